The predicted octanol–water partition coefficient (Wildman–Crippen LogP) is 7.26. The lowest BCUT2D eigenvalue weighted by atomic mass is 9.49. The van der Waals surface area contributed by atoms with Crippen LogP contribution < -0.4 is 5.32 Å². The van der Waals surface area contributed by atoms with Crippen LogP contribution in [0.25, 0.3) is 0 Å². The Morgan fingerprint density at radius 1 is 1.18 bits per heavy atom. The predicted molar refractivity (Wildman–Crippen MR) is 158 cm³/mol. The lowest BCUT2D eigenvalue weighted by molar-refractivity contribution is -0.113. The molecule has 1 atom stereocenters. The van der Waals surface area contributed by atoms with Crippen LogP contribution in [0.1, 0.15) is 101 Å². The first kappa shape index (κ1) is 27.3. The summed E-state index contributed by atoms with van der Waals surface area (Å²) in [5, 5.41) is 23.8. The van der Waals surface area contributed by atoms with Crippen molar-refractivity contribution in [2.45, 2.75) is 110 Å². The zero-order chi connectivity index (χ0) is 27.4. The van der Waals surface area contributed by atoms with Crippen LogP contribution in [-0.2, 0) is 30.6 Å². The van der Waals surface area contributed by atoms with Gasteiger partial charge in [-0.1, -0.05) is 39.0 Å². The molecule has 1 amide bonds. The number of carbonyl (C=O) groups excluding carboxylic acids is 1. The van der Waals surface area contributed by atoms with Crippen LogP contribution in [-0.4, -0.2) is 26.4 Å². The molecule has 5 aliphatic rings. The van der Waals surface area contributed by atoms with Crippen LogP contribution in [0.2, 0.25) is 0 Å². The number of nitrogens with one attached hydrogen (secondary N) is 1. The van der Waals surface area contributed by atoms with Gasteiger partial charge in [-0.15, -0.1) is 21.5 Å². The molecule has 7 rings (SSSR count). The molecule has 0 aliphatic heterocycles. The summed E-state index contributed by atoms with van der Waals surface area (Å²) < 4.78 is 2.23. The molecule has 0 saturated heterocycles. The van der Waals surface area contributed by atoms with E-state index in [1.54, 1.807) is 11.3 Å². The van der Waals surface area contributed by atoms with E-state index in [0.29, 0.717) is 16.9 Å². The summed E-state index contributed by atoms with van der Waals surface area (Å²) in [6, 6.07) is 2.40. The monoisotopic (exact) mass is 565 g/mol. The highest BCUT2D eigenvalue weighted by molar-refractivity contribution is 7.99. The van der Waals surface area contributed by atoms with Crippen molar-refractivity contribution in [3.8, 4) is 6.07 Å². The number of nitriles is 1. The number of rotatable bonds is 9. The first-order chi connectivity index (χ1) is 18.7. The van der Waals surface area contributed by atoms with Gasteiger partial charge in [0, 0.05) is 17.8 Å². The maximum atomic E-state index is 13.0. The molecule has 0 radical (unpaired) electrons. The number of nitrogens with zero attached hydrogens (tertiary/aromatic N) is 4. The van der Waals surface area contributed by atoms with Crippen molar-refractivity contribution in [3.63, 3.8) is 0 Å². The fourth-order valence-electron chi connectivity index (χ4n) is 8.76. The van der Waals surface area contributed by atoms with Crippen molar-refractivity contribution < 1.29 is 4.79 Å². The molecular formula is C31H43N5OS2. The zero-order valence-corrected chi connectivity index (χ0v) is 25.6. The van der Waals surface area contributed by atoms with E-state index in [0.717, 1.165) is 77.9 Å². The first-order valence-electron chi connectivity index (χ1n) is 15.1. The second-order valence-electron chi connectivity index (χ2n) is 13.7. The van der Waals surface area contributed by atoms with Gasteiger partial charge in [-0.3, -0.25) is 4.79 Å². The average molecular weight is 566 g/mol. The summed E-state index contributed by atoms with van der Waals surface area (Å²) in [5.41, 5.74) is 2.55. The lowest BCUT2D eigenvalue weighted by Gasteiger charge is -2.56. The topological polar surface area (TPSA) is 83.6 Å². The second kappa shape index (κ2) is 10.5. The van der Waals surface area contributed by atoms with Crippen LogP contribution in [0, 0.1) is 45.8 Å². The van der Waals surface area contributed by atoms with Crippen molar-refractivity contribution in [2.75, 3.05) is 11.1 Å². The highest BCUT2D eigenvalue weighted by Crippen LogP contribution is 2.61. The van der Waals surface area contributed by atoms with Gasteiger partial charge >= 0.3 is 0 Å². The normalized spacial score (nSPS) is 29.3. The summed E-state index contributed by atoms with van der Waals surface area (Å²) in [6.07, 6.45) is 13.7. The van der Waals surface area contributed by atoms with E-state index in [1.165, 1.54) is 55.2 Å². The molecule has 0 aromatic carbocycles. The summed E-state index contributed by atoms with van der Waals surface area (Å²) in [5.74, 6) is 4.70. The van der Waals surface area contributed by atoms with Crippen molar-refractivity contribution in [3.05, 3.63) is 21.8 Å². The van der Waals surface area contributed by atoms with Gasteiger partial charge < -0.3 is 9.88 Å². The quantitative estimate of drug-likeness (QED) is 0.324. The Kier molecular flexibility index (Phi) is 7.37. The van der Waals surface area contributed by atoms with Crippen molar-refractivity contribution in [1.29, 1.82) is 5.26 Å². The lowest BCUT2D eigenvalue weighted by Crippen LogP contribution is -2.47. The molecule has 2 heterocycles. The molecular weight excluding hydrogens is 523 g/mol. The van der Waals surface area contributed by atoms with E-state index in [-0.39, 0.29) is 17.1 Å². The maximum Gasteiger partial charge on any atom is 0.235 e. The van der Waals surface area contributed by atoms with E-state index in [4.69, 9.17) is 0 Å². The Hall–Kier alpha value is -1.85. The third kappa shape index (κ3) is 5.19. The number of thiophene rings is 1. The van der Waals surface area contributed by atoms with Gasteiger partial charge in [0.25, 0.3) is 0 Å². The molecule has 39 heavy (non-hydrogen) atoms. The molecule has 2 aromatic rings. The maximum absolute atomic E-state index is 13.0. The smallest absolute Gasteiger partial charge is 0.235 e. The standard InChI is InChI=1S/C31H43N5OS2/c1-5-30(3,4)22-7-8-23-24(17-32)28(39-25(23)12-22)33-27(37)18-38-29-35-34-26(36(29)6-2)16-31-13-19-9-20(14-31)11-21(10-19)15-31/h19-22H,5-16,18H2,1-4H3,(H,33,37). The number of carbonyl (C=O) groups is 1. The number of anilines is 1. The number of aromatic nitrogens is 3. The molecule has 1 unspecified atom stereocenters. The van der Waals surface area contributed by atoms with Gasteiger partial charge in [-0.2, -0.15) is 5.26 Å². The summed E-state index contributed by atoms with van der Waals surface area (Å²) in [4.78, 5) is 14.3. The zero-order valence-electron chi connectivity index (χ0n) is 24.0. The molecule has 210 valence electrons. The molecule has 0 spiro atoms. The number of hydrogen-bond donors (Lipinski definition) is 1. The Morgan fingerprint density at radius 2 is 1.87 bits per heavy atom. The molecule has 4 bridgehead atoms. The van der Waals surface area contributed by atoms with E-state index in [1.807, 2.05) is 0 Å². The van der Waals surface area contributed by atoms with Gasteiger partial charge in [0.1, 0.15) is 16.9 Å². The number of hydrogen-bond acceptors (Lipinski definition) is 6. The third-order valence-corrected chi connectivity index (χ3v) is 12.9. The molecule has 4 saturated carbocycles. The van der Waals surface area contributed by atoms with Gasteiger partial charge in [0.2, 0.25) is 5.91 Å². The molecule has 2 aromatic heterocycles. The van der Waals surface area contributed by atoms with Gasteiger partial charge in [-0.05, 0) is 105 Å². The number of thioether (sulfide) groups is 1. The molecule has 6 nitrogen and oxygen atoms in total. The highest BCUT2D eigenvalue weighted by Gasteiger charge is 2.51. The van der Waals surface area contributed by atoms with E-state index >= 15 is 0 Å². The minimum atomic E-state index is -0.0752. The second-order valence-corrected chi connectivity index (χ2v) is 15.7. The summed E-state index contributed by atoms with van der Waals surface area (Å²) in [6.45, 7) is 9.94. The number of fused-ring (bicyclic) bond motifs is 1. The fourth-order valence-corrected chi connectivity index (χ4v) is 10.9. The molecule has 5 aliphatic carbocycles. The largest absolute Gasteiger partial charge is 0.316 e. The molecule has 4 fully saturated rings. The van der Waals surface area contributed by atoms with Crippen molar-refractivity contribution >= 4 is 34.0 Å². The van der Waals surface area contributed by atoms with Crippen molar-refractivity contribution in [1.82, 2.24) is 14.8 Å². The van der Waals surface area contributed by atoms with Crippen LogP contribution in [0.15, 0.2) is 5.16 Å². The Labute approximate surface area is 241 Å². The minimum absolute atomic E-state index is 0.0752. The van der Waals surface area contributed by atoms with Crippen LogP contribution in [0.4, 0.5) is 5.00 Å². The van der Waals surface area contributed by atoms with E-state index in [2.05, 4.69) is 53.8 Å². The summed E-state index contributed by atoms with van der Waals surface area (Å²) in [7, 11) is 0. The van der Waals surface area contributed by atoms with E-state index in [9.17, 15) is 10.1 Å². The summed E-state index contributed by atoms with van der Waals surface area (Å²) >= 11 is 3.08. The molecule has 1 N–H and O–H groups in total. The van der Waals surface area contributed by atoms with Crippen molar-refractivity contribution in [2.24, 2.45) is 34.5 Å². The van der Waals surface area contributed by atoms with Gasteiger partial charge in [0.05, 0.1) is 11.3 Å². The third-order valence-electron chi connectivity index (χ3n) is 10.8. The minimum Gasteiger partial charge on any atom is -0.316 e. The number of amides is 1. The Morgan fingerprint density at radius 3 is 2.49 bits per heavy atom. The Balaban J connectivity index is 1.10. The first-order valence-corrected chi connectivity index (χ1v) is 16.9. The van der Waals surface area contributed by atoms with Gasteiger partial charge in [0.15, 0.2) is 5.16 Å². The average Bonchev–Trinajstić information content (AvgIpc) is 3.45. The van der Waals surface area contributed by atoms with Gasteiger partial charge in [-0.25, -0.2) is 0 Å². The van der Waals surface area contributed by atoms with Crippen LogP contribution in [0.3, 0.4) is 0 Å². The SMILES string of the molecule is CCn1c(CC23CC4CC(CC(C4)C2)C3)nnc1SCC(=O)Nc1sc2c(c1C#N)CCC(C(C)(C)CC)C2. The van der Waals surface area contributed by atoms with Crippen LogP contribution in [0.5, 0.6) is 0 Å². The fraction of sp³-hybridized carbons (Fsp3) is 0.742. The highest BCUT2D eigenvalue weighted by atomic mass is 32.2. The molecule has 8 heteroatoms. The van der Waals surface area contributed by atoms with E-state index < -0.39 is 0 Å². The van der Waals surface area contributed by atoms with Crippen LogP contribution >= 0.6 is 23.1 Å². The Bertz CT molecular complexity index is 1250.